The summed E-state index contributed by atoms with van der Waals surface area (Å²) in [5.74, 6) is -0.822. The van der Waals surface area contributed by atoms with Gasteiger partial charge in [-0.3, -0.25) is 9.59 Å². The molecule has 2 amide bonds. The van der Waals surface area contributed by atoms with Gasteiger partial charge in [0.2, 0.25) is 0 Å². The SMILES string of the molecule is CC(C)CCNC(=O)c1nccnc1C(=O)NCc1ccc(F)cc1. The van der Waals surface area contributed by atoms with E-state index < -0.39 is 11.8 Å². The molecule has 1 heterocycles. The number of amides is 2. The molecular weight excluding hydrogens is 323 g/mol. The molecule has 0 aliphatic carbocycles. The van der Waals surface area contributed by atoms with E-state index in [0.717, 1.165) is 12.0 Å². The van der Waals surface area contributed by atoms with Crippen molar-refractivity contribution in [3.63, 3.8) is 0 Å². The molecule has 1 aromatic carbocycles. The van der Waals surface area contributed by atoms with Crippen LogP contribution >= 0.6 is 0 Å². The lowest BCUT2D eigenvalue weighted by Gasteiger charge is -2.10. The lowest BCUT2D eigenvalue weighted by Crippen LogP contribution is -2.31. The van der Waals surface area contributed by atoms with Crippen LogP contribution in [0, 0.1) is 11.7 Å². The average molecular weight is 344 g/mol. The van der Waals surface area contributed by atoms with Gasteiger partial charge < -0.3 is 10.6 Å². The maximum Gasteiger partial charge on any atom is 0.272 e. The van der Waals surface area contributed by atoms with Crippen LogP contribution in [0.3, 0.4) is 0 Å². The third kappa shape index (κ3) is 5.63. The molecule has 0 unspecified atom stereocenters. The maximum absolute atomic E-state index is 12.9. The Hall–Kier alpha value is -2.83. The van der Waals surface area contributed by atoms with E-state index in [1.807, 2.05) is 0 Å². The first-order valence-electron chi connectivity index (χ1n) is 8.09. The fourth-order valence-corrected chi connectivity index (χ4v) is 2.10. The van der Waals surface area contributed by atoms with Crippen molar-refractivity contribution >= 4 is 11.8 Å². The Balaban J connectivity index is 2.01. The van der Waals surface area contributed by atoms with E-state index in [0.29, 0.717) is 12.5 Å². The van der Waals surface area contributed by atoms with Crippen molar-refractivity contribution < 1.29 is 14.0 Å². The Labute approximate surface area is 145 Å². The van der Waals surface area contributed by atoms with Gasteiger partial charge in [0.15, 0.2) is 11.4 Å². The van der Waals surface area contributed by atoms with Gasteiger partial charge >= 0.3 is 0 Å². The zero-order valence-electron chi connectivity index (χ0n) is 14.3. The fraction of sp³-hybridized carbons (Fsp3) is 0.333. The third-order valence-electron chi connectivity index (χ3n) is 3.50. The van der Waals surface area contributed by atoms with Gasteiger partial charge in [-0.05, 0) is 30.0 Å². The number of halogens is 1. The summed E-state index contributed by atoms with van der Waals surface area (Å²) in [6.45, 7) is 4.82. The van der Waals surface area contributed by atoms with Crippen LogP contribution in [0.2, 0.25) is 0 Å². The number of aromatic nitrogens is 2. The zero-order valence-corrected chi connectivity index (χ0v) is 14.3. The summed E-state index contributed by atoms with van der Waals surface area (Å²) in [6.07, 6.45) is 3.56. The predicted molar refractivity (Wildman–Crippen MR) is 91.4 cm³/mol. The smallest absolute Gasteiger partial charge is 0.272 e. The molecule has 0 aliphatic rings. The van der Waals surface area contributed by atoms with E-state index in [-0.39, 0.29) is 23.7 Å². The summed E-state index contributed by atoms with van der Waals surface area (Å²) < 4.78 is 12.9. The van der Waals surface area contributed by atoms with E-state index in [1.165, 1.54) is 24.5 Å². The first kappa shape index (κ1) is 18.5. The summed E-state index contributed by atoms with van der Waals surface area (Å²) in [6, 6.07) is 5.78. The van der Waals surface area contributed by atoms with Gasteiger partial charge in [-0.25, -0.2) is 14.4 Å². The third-order valence-corrected chi connectivity index (χ3v) is 3.50. The highest BCUT2D eigenvalue weighted by molar-refractivity contribution is 6.04. The van der Waals surface area contributed by atoms with Crippen LogP contribution in [-0.4, -0.2) is 28.3 Å². The molecule has 7 heteroatoms. The number of hydrogen-bond acceptors (Lipinski definition) is 4. The molecule has 6 nitrogen and oxygen atoms in total. The summed E-state index contributed by atoms with van der Waals surface area (Å²) in [7, 11) is 0. The van der Waals surface area contributed by atoms with E-state index in [1.54, 1.807) is 12.1 Å². The van der Waals surface area contributed by atoms with Gasteiger partial charge in [-0.1, -0.05) is 26.0 Å². The molecule has 0 fully saturated rings. The molecule has 0 saturated carbocycles. The van der Waals surface area contributed by atoms with Gasteiger partial charge in [0, 0.05) is 25.5 Å². The number of nitrogens with one attached hydrogen (secondary N) is 2. The summed E-state index contributed by atoms with van der Waals surface area (Å²) in [5.41, 5.74) is 0.691. The predicted octanol–water partition coefficient (Wildman–Crippen LogP) is 2.32. The quantitative estimate of drug-likeness (QED) is 0.807. The van der Waals surface area contributed by atoms with Crippen molar-refractivity contribution in [3.8, 4) is 0 Å². The van der Waals surface area contributed by atoms with Gasteiger partial charge in [-0.15, -0.1) is 0 Å². The van der Waals surface area contributed by atoms with Crippen LogP contribution in [0.5, 0.6) is 0 Å². The molecule has 132 valence electrons. The first-order chi connectivity index (χ1) is 12.0. The van der Waals surface area contributed by atoms with Crippen molar-refractivity contribution in [2.24, 2.45) is 5.92 Å². The summed E-state index contributed by atoms with van der Waals surface area (Å²) >= 11 is 0. The minimum absolute atomic E-state index is 0.0112. The van der Waals surface area contributed by atoms with Crippen molar-refractivity contribution in [2.45, 2.75) is 26.8 Å². The van der Waals surface area contributed by atoms with Crippen LogP contribution in [0.25, 0.3) is 0 Å². The van der Waals surface area contributed by atoms with Crippen LogP contribution in [0.4, 0.5) is 4.39 Å². The molecule has 0 atom stereocenters. The topological polar surface area (TPSA) is 84.0 Å². The van der Waals surface area contributed by atoms with Crippen molar-refractivity contribution in [2.75, 3.05) is 6.54 Å². The highest BCUT2D eigenvalue weighted by Crippen LogP contribution is 2.05. The molecule has 25 heavy (non-hydrogen) atoms. The second-order valence-corrected chi connectivity index (χ2v) is 6.00. The minimum Gasteiger partial charge on any atom is -0.351 e. The largest absolute Gasteiger partial charge is 0.351 e. The fourth-order valence-electron chi connectivity index (χ4n) is 2.10. The first-order valence-corrected chi connectivity index (χ1v) is 8.09. The van der Waals surface area contributed by atoms with Gasteiger partial charge in [-0.2, -0.15) is 0 Å². The second-order valence-electron chi connectivity index (χ2n) is 6.00. The van der Waals surface area contributed by atoms with Crippen molar-refractivity contribution in [1.29, 1.82) is 0 Å². The molecule has 0 radical (unpaired) electrons. The molecule has 2 N–H and O–H groups in total. The van der Waals surface area contributed by atoms with Crippen LogP contribution in [0.15, 0.2) is 36.7 Å². The molecular formula is C18H21FN4O2. The van der Waals surface area contributed by atoms with Crippen LogP contribution in [-0.2, 0) is 6.54 Å². The van der Waals surface area contributed by atoms with Crippen LogP contribution in [0.1, 0.15) is 46.8 Å². The van der Waals surface area contributed by atoms with Crippen molar-refractivity contribution in [1.82, 2.24) is 20.6 Å². The monoisotopic (exact) mass is 344 g/mol. The Morgan fingerprint density at radius 2 is 1.56 bits per heavy atom. The van der Waals surface area contributed by atoms with Crippen LogP contribution < -0.4 is 10.6 Å². The van der Waals surface area contributed by atoms with Gasteiger partial charge in [0.1, 0.15) is 5.82 Å². The average Bonchev–Trinajstić information content (AvgIpc) is 2.60. The Morgan fingerprint density at radius 3 is 2.12 bits per heavy atom. The second kappa shape index (κ2) is 8.86. The Kier molecular flexibility index (Phi) is 6.56. The zero-order chi connectivity index (χ0) is 18.2. The minimum atomic E-state index is -0.508. The number of hydrogen-bond donors (Lipinski definition) is 2. The van der Waals surface area contributed by atoms with E-state index in [2.05, 4.69) is 34.4 Å². The van der Waals surface area contributed by atoms with E-state index in [9.17, 15) is 14.0 Å². The molecule has 2 aromatic rings. The number of benzene rings is 1. The normalized spacial score (nSPS) is 10.6. The van der Waals surface area contributed by atoms with E-state index >= 15 is 0 Å². The molecule has 1 aromatic heterocycles. The molecule has 0 bridgehead atoms. The summed E-state index contributed by atoms with van der Waals surface area (Å²) in [4.78, 5) is 32.5. The number of carbonyl (C=O) groups is 2. The number of rotatable bonds is 7. The van der Waals surface area contributed by atoms with Gasteiger partial charge in [0.25, 0.3) is 11.8 Å². The Morgan fingerprint density at radius 1 is 1.00 bits per heavy atom. The molecule has 0 spiro atoms. The lowest BCUT2D eigenvalue weighted by atomic mass is 10.1. The highest BCUT2D eigenvalue weighted by atomic mass is 19.1. The molecule has 0 saturated heterocycles. The molecule has 2 rings (SSSR count). The van der Waals surface area contributed by atoms with Gasteiger partial charge in [0.05, 0.1) is 0 Å². The number of carbonyl (C=O) groups excluding carboxylic acids is 2. The van der Waals surface area contributed by atoms with Crippen molar-refractivity contribution in [3.05, 3.63) is 59.4 Å². The molecule has 0 aliphatic heterocycles. The summed E-state index contributed by atoms with van der Waals surface area (Å²) in [5, 5.41) is 5.40. The lowest BCUT2D eigenvalue weighted by molar-refractivity contribution is 0.0909. The maximum atomic E-state index is 12.9. The standard InChI is InChI=1S/C18H21FN4O2/c1-12(2)7-8-22-17(24)15-16(21-10-9-20-15)18(25)23-11-13-3-5-14(19)6-4-13/h3-6,9-10,12H,7-8,11H2,1-2H3,(H,22,24)(H,23,25). The Bertz CT molecular complexity index is 732. The van der Waals surface area contributed by atoms with E-state index in [4.69, 9.17) is 0 Å². The number of nitrogens with zero attached hydrogens (tertiary/aromatic N) is 2. The highest BCUT2D eigenvalue weighted by Gasteiger charge is 2.19.